The molecule has 1 aromatic rings. The van der Waals surface area contributed by atoms with Crippen LogP contribution in [0, 0.1) is 11.3 Å². The van der Waals surface area contributed by atoms with Gasteiger partial charge in [-0.25, -0.2) is 0 Å². The van der Waals surface area contributed by atoms with Crippen molar-refractivity contribution in [2.45, 2.75) is 19.3 Å². The lowest BCUT2D eigenvalue weighted by molar-refractivity contribution is -0.0912. The van der Waals surface area contributed by atoms with Gasteiger partial charge in [0.15, 0.2) is 0 Å². The number of piperidine rings is 1. The first-order chi connectivity index (χ1) is 10.6. The van der Waals surface area contributed by atoms with Gasteiger partial charge in [-0.1, -0.05) is 0 Å². The highest BCUT2D eigenvalue weighted by molar-refractivity contribution is 5.93. The number of hydrogen-bond acceptors (Lipinski definition) is 4. The number of likely N-dealkylation sites (tertiary alicyclic amines) is 1. The molecule has 0 aliphatic carbocycles. The molecular weight excluding hydrogens is 282 g/mol. The van der Waals surface area contributed by atoms with E-state index in [9.17, 15) is 4.79 Å². The van der Waals surface area contributed by atoms with Gasteiger partial charge >= 0.3 is 0 Å². The van der Waals surface area contributed by atoms with Gasteiger partial charge in [-0.2, -0.15) is 5.10 Å². The quantitative estimate of drug-likeness (QED) is 0.845. The molecule has 1 atom stereocenters. The number of aromatic nitrogens is 2. The van der Waals surface area contributed by atoms with Gasteiger partial charge in [-0.3, -0.25) is 9.48 Å². The summed E-state index contributed by atoms with van der Waals surface area (Å²) in [6.07, 6.45) is 6.59. The second-order valence-corrected chi connectivity index (χ2v) is 6.53. The van der Waals surface area contributed by atoms with Crippen LogP contribution >= 0.6 is 0 Å². The van der Waals surface area contributed by atoms with Gasteiger partial charge in [0.1, 0.15) is 0 Å². The van der Waals surface area contributed by atoms with Crippen LogP contribution in [0.2, 0.25) is 0 Å². The van der Waals surface area contributed by atoms with Gasteiger partial charge in [0.2, 0.25) is 0 Å². The smallest absolute Gasteiger partial charge is 0.257 e. The Labute approximate surface area is 131 Å². The Kier molecular flexibility index (Phi) is 4.49. The Morgan fingerprint density at radius 3 is 2.86 bits per heavy atom. The molecule has 2 fully saturated rings. The molecule has 1 aromatic heterocycles. The summed E-state index contributed by atoms with van der Waals surface area (Å²) in [6.45, 7) is 3.99. The number of amides is 1. The van der Waals surface area contributed by atoms with Crippen molar-refractivity contribution in [1.82, 2.24) is 14.7 Å². The minimum absolute atomic E-state index is 0.0956. The fourth-order valence-corrected chi connectivity index (χ4v) is 3.84. The van der Waals surface area contributed by atoms with E-state index in [2.05, 4.69) is 5.10 Å². The Balaban J connectivity index is 1.65. The molecule has 0 unspecified atom stereocenters. The van der Waals surface area contributed by atoms with Crippen molar-refractivity contribution >= 4 is 5.91 Å². The summed E-state index contributed by atoms with van der Waals surface area (Å²) in [5.41, 5.74) is 0.957. The van der Waals surface area contributed by atoms with Crippen molar-refractivity contribution in [3.63, 3.8) is 0 Å². The molecule has 2 aliphatic heterocycles. The molecule has 1 amide bonds. The maximum atomic E-state index is 12.5. The van der Waals surface area contributed by atoms with Crippen molar-refractivity contribution < 1.29 is 14.3 Å². The van der Waals surface area contributed by atoms with Crippen LogP contribution in [0.3, 0.4) is 0 Å². The second kappa shape index (κ2) is 6.38. The normalized spacial score (nSPS) is 24.6. The molecule has 6 heteroatoms. The molecule has 0 saturated carbocycles. The number of aryl methyl sites for hydroxylation is 1. The summed E-state index contributed by atoms with van der Waals surface area (Å²) < 4.78 is 12.7. The van der Waals surface area contributed by atoms with Crippen LogP contribution in [0.25, 0.3) is 0 Å². The van der Waals surface area contributed by atoms with Gasteiger partial charge in [-0.15, -0.1) is 0 Å². The van der Waals surface area contributed by atoms with Crippen molar-refractivity contribution in [2.24, 2.45) is 18.4 Å². The fourth-order valence-electron chi connectivity index (χ4n) is 3.84. The van der Waals surface area contributed by atoms with Crippen LogP contribution in [0.5, 0.6) is 0 Å². The van der Waals surface area contributed by atoms with Crippen LogP contribution in [0.1, 0.15) is 29.6 Å². The number of ether oxygens (including phenoxy) is 2. The largest absolute Gasteiger partial charge is 0.384 e. The Hall–Kier alpha value is -1.40. The van der Waals surface area contributed by atoms with E-state index in [1.807, 2.05) is 11.9 Å². The average molecular weight is 307 g/mol. The Bertz CT molecular complexity index is 518. The van der Waals surface area contributed by atoms with E-state index < -0.39 is 0 Å². The lowest BCUT2D eigenvalue weighted by Gasteiger charge is -2.48. The molecule has 0 radical (unpaired) electrons. The molecule has 1 spiro atoms. The molecule has 3 heterocycles. The number of hydrogen-bond donors (Lipinski definition) is 0. The molecule has 0 N–H and O–H groups in total. The maximum Gasteiger partial charge on any atom is 0.257 e. The van der Waals surface area contributed by atoms with Gasteiger partial charge < -0.3 is 14.4 Å². The first-order valence-electron chi connectivity index (χ1n) is 7.99. The number of rotatable bonds is 3. The third kappa shape index (κ3) is 2.90. The monoisotopic (exact) mass is 307 g/mol. The molecule has 2 saturated heterocycles. The number of carbonyl (C=O) groups excluding carboxylic acids is 1. The van der Waals surface area contributed by atoms with Crippen molar-refractivity contribution in [1.29, 1.82) is 0 Å². The van der Waals surface area contributed by atoms with Gasteiger partial charge in [0, 0.05) is 46.0 Å². The predicted octanol–water partition coefficient (Wildman–Crippen LogP) is 1.33. The van der Waals surface area contributed by atoms with E-state index in [0.29, 0.717) is 11.5 Å². The number of nitrogens with zero attached hydrogens (tertiary/aromatic N) is 3. The molecule has 122 valence electrons. The molecule has 22 heavy (non-hydrogen) atoms. The van der Waals surface area contributed by atoms with Gasteiger partial charge in [0.25, 0.3) is 5.91 Å². The molecule has 0 bridgehead atoms. The average Bonchev–Trinajstić information content (AvgIpc) is 2.97. The SMILES string of the molecule is COC[C@@H]1COCCC12CCN(C(=O)c1cnn(C)c1)CC2. The molecular formula is C16H25N3O3. The summed E-state index contributed by atoms with van der Waals surface area (Å²) in [4.78, 5) is 14.5. The van der Waals surface area contributed by atoms with E-state index in [4.69, 9.17) is 9.47 Å². The van der Waals surface area contributed by atoms with E-state index in [1.54, 1.807) is 24.2 Å². The van der Waals surface area contributed by atoms with Gasteiger partial charge in [0.05, 0.1) is 25.0 Å². The summed E-state index contributed by atoms with van der Waals surface area (Å²) in [6, 6.07) is 0. The highest BCUT2D eigenvalue weighted by Crippen LogP contribution is 2.44. The number of methoxy groups -OCH3 is 1. The third-order valence-electron chi connectivity index (χ3n) is 5.30. The topological polar surface area (TPSA) is 56.6 Å². The van der Waals surface area contributed by atoms with Crippen LogP contribution in [0.15, 0.2) is 12.4 Å². The summed E-state index contributed by atoms with van der Waals surface area (Å²) in [5, 5.41) is 4.09. The fraction of sp³-hybridized carbons (Fsp3) is 0.750. The summed E-state index contributed by atoms with van der Waals surface area (Å²) in [7, 11) is 3.59. The zero-order valence-corrected chi connectivity index (χ0v) is 13.5. The van der Waals surface area contributed by atoms with Crippen LogP contribution in [-0.4, -0.2) is 60.6 Å². The van der Waals surface area contributed by atoms with E-state index in [0.717, 1.165) is 52.2 Å². The lowest BCUT2D eigenvalue weighted by Crippen LogP contribution is -2.50. The highest BCUT2D eigenvalue weighted by Gasteiger charge is 2.44. The van der Waals surface area contributed by atoms with Crippen molar-refractivity contribution in [3.8, 4) is 0 Å². The van der Waals surface area contributed by atoms with E-state index in [1.165, 1.54) is 0 Å². The zero-order valence-electron chi connectivity index (χ0n) is 13.5. The first-order valence-corrected chi connectivity index (χ1v) is 7.99. The molecule has 6 nitrogen and oxygen atoms in total. The summed E-state index contributed by atoms with van der Waals surface area (Å²) >= 11 is 0. The molecule has 2 aliphatic rings. The van der Waals surface area contributed by atoms with E-state index >= 15 is 0 Å². The van der Waals surface area contributed by atoms with Crippen LogP contribution in [0.4, 0.5) is 0 Å². The standard InChI is InChI=1S/C16H25N3O3/c1-18-10-13(9-17-18)15(20)19-6-3-16(4-7-19)5-8-22-12-14(16)11-21-2/h9-10,14H,3-8,11-12H2,1-2H3/t14-/m1/s1. The minimum Gasteiger partial charge on any atom is -0.384 e. The zero-order chi connectivity index (χ0) is 15.6. The van der Waals surface area contributed by atoms with E-state index in [-0.39, 0.29) is 11.3 Å². The molecule has 3 rings (SSSR count). The second-order valence-electron chi connectivity index (χ2n) is 6.53. The van der Waals surface area contributed by atoms with Crippen molar-refractivity contribution in [3.05, 3.63) is 18.0 Å². The molecule has 0 aromatic carbocycles. The van der Waals surface area contributed by atoms with Gasteiger partial charge in [-0.05, 0) is 24.7 Å². The lowest BCUT2D eigenvalue weighted by atomic mass is 9.66. The predicted molar refractivity (Wildman–Crippen MR) is 81.6 cm³/mol. The Morgan fingerprint density at radius 2 is 2.23 bits per heavy atom. The maximum absolute atomic E-state index is 12.5. The highest BCUT2D eigenvalue weighted by atomic mass is 16.5. The first kappa shape index (κ1) is 15.5. The van der Waals surface area contributed by atoms with Crippen molar-refractivity contribution in [2.75, 3.05) is 40.0 Å². The Morgan fingerprint density at radius 1 is 1.45 bits per heavy atom. The van der Waals surface area contributed by atoms with Crippen LogP contribution < -0.4 is 0 Å². The summed E-state index contributed by atoms with van der Waals surface area (Å²) in [5.74, 6) is 0.542. The third-order valence-corrected chi connectivity index (χ3v) is 5.30. The minimum atomic E-state index is 0.0956. The number of carbonyl (C=O) groups is 1. The van der Waals surface area contributed by atoms with Crippen LogP contribution in [-0.2, 0) is 16.5 Å².